The Morgan fingerprint density at radius 3 is 2.31 bits per heavy atom. The van der Waals surface area contributed by atoms with Gasteiger partial charge in [0, 0.05) is 5.54 Å². The molecule has 2 N–H and O–H groups in total. The molecule has 0 aliphatic heterocycles. The molecule has 0 amide bonds. The van der Waals surface area contributed by atoms with Gasteiger partial charge in [0.05, 0.1) is 12.4 Å². The van der Waals surface area contributed by atoms with Crippen molar-refractivity contribution in [2.75, 3.05) is 20.6 Å². The van der Waals surface area contributed by atoms with Gasteiger partial charge in [-0.25, -0.2) is 0 Å². The number of amidine groups is 1. The monoisotopic (exact) mass is 183 g/mol. The highest BCUT2D eigenvalue weighted by Crippen LogP contribution is 2.33. The average molecular weight is 183 g/mol. The van der Waals surface area contributed by atoms with Crippen LogP contribution < -0.4 is 5.73 Å². The third kappa shape index (κ3) is 2.44. The van der Waals surface area contributed by atoms with Gasteiger partial charge in [-0.3, -0.25) is 4.99 Å². The van der Waals surface area contributed by atoms with E-state index in [1.54, 1.807) is 0 Å². The van der Waals surface area contributed by atoms with Gasteiger partial charge in [0.1, 0.15) is 0 Å². The molecule has 1 rings (SSSR count). The van der Waals surface area contributed by atoms with Crippen LogP contribution in [-0.4, -0.2) is 36.9 Å². The fourth-order valence-electron chi connectivity index (χ4n) is 2.05. The first-order valence-corrected chi connectivity index (χ1v) is 5.01. The van der Waals surface area contributed by atoms with Crippen molar-refractivity contribution in [2.45, 2.75) is 38.1 Å². The maximum Gasteiger partial charge on any atom is 0.0906 e. The largest absolute Gasteiger partial charge is 0.388 e. The maximum atomic E-state index is 5.56. The Morgan fingerprint density at radius 1 is 1.38 bits per heavy atom. The number of hydrogen-bond acceptors (Lipinski definition) is 2. The summed E-state index contributed by atoms with van der Waals surface area (Å²) in [7, 11) is 4.29. The van der Waals surface area contributed by atoms with E-state index in [0.717, 1.165) is 6.54 Å². The summed E-state index contributed by atoms with van der Waals surface area (Å²) in [6, 6.07) is 0. The van der Waals surface area contributed by atoms with E-state index < -0.39 is 0 Å². The summed E-state index contributed by atoms with van der Waals surface area (Å²) in [6.07, 6.45) is 5.18. The van der Waals surface area contributed by atoms with Crippen molar-refractivity contribution in [3.8, 4) is 0 Å². The Kier molecular flexibility index (Phi) is 3.31. The zero-order chi connectivity index (χ0) is 9.90. The Bertz CT molecular complexity index is 186. The second kappa shape index (κ2) is 4.09. The topological polar surface area (TPSA) is 41.6 Å². The molecule has 1 aliphatic carbocycles. The van der Waals surface area contributed by atoms with E-state index in [2.05, 4.69) is 24.0 Å². The van der Waals surface area contributed by atoms with Crippen LogP contribution in [0.1, 0.15) is 32.6 Å². The number of rotatable bonds is 3. The molecule has 3 nitrogen and oxygen atoms in total. The molecule has 0 aromatic rings. The Labute approximate surface area is 81.0 Å². The Morgan fingerprint density at radius 2 is 1.92 bits per heavy atom. The molecule has 0 saturated heterocycles. The third-order valence-corrected chi connectivity index (χ3v) is 3.11. The zero-order valence-corrected chi connectivity index (χ0v) is 9.01. The first-order valence-electron chi connectivity index (χ1n) is 5.01. The lowest BCUT2D eigenvalue weighted by molar-refractivity contribution is 0.167. The number of nitrogens with two attached hydrogens (primary N) is 1. The van der Waals surface area contributed by atoms with E-state index in [0.29, 0.717) is 11.4 Å². The number of likely N-dealkylation sites (N-methyl/N-ethyl adjacent to an activating group) is 1. The Hall–Kier alpha value is -0.570. The Balaban J connectivity index is 2.62. The molecule has 0 aromatic carbocycles. The summed E-state index contributed by atoms with van der Waals surface area (Å²) < 4.78 is 0. The number of hydrogen-bond donors (Lipinski definition) is 1. The smallest absolute Gasteiger partial charge is 0.0906 e. The molecule has 0 bridgehead atoms. The molecule has 1 saturated carbocycles. The first kappa shape index (κ1) is 10.5. The average Bonchev–Trinajstić information content (AvgIpc) is 2.50. The van der Waals surface area contributed by atoms with Crippen LogP contribution in [0.2, 0.25) is 0 Å². The fourth-order valence-corrected chi connectivity index (χ4v) is 2.05. The van der Waals surface area contributed by atoms with Gasteiger partial charge in [-0.1, -0.05) is 12.8 Å². The van der Waals surface area contributed by atoms with Gasteiger partial charge < -0.3 is 10.6 Å². The summed E-state index contributed by atoms with van der Waals surface area (Å²) >= 11 is 0. The van der Waals surface area contributed by atoms with Crippen molar-refractivity contribution >= 4 is 5.84 Å². The first-order chi connectivity index (χ1) is 6.07. The zero-order valence-electron chi connectivity index (χ0n) is 9.01. The van der Waals surface area contributed by atoms with E-state index >= 15 is 0 Å². The molecule has 0 atom stereocenters. The van der Waals surface area contributed by atoms with E-state index in [9.17, 15) is 0 Å². The van der Waals surface area contributed by atoms with Crippen molar-refractivity contribution < 1.29 is 0 Å². The van der Waals surface area contributed by atoms with Gasteiger partial charge >= 0.3 is 0 Å². The summed E-state index contributed by atoms with van der Waals surface area (Å²) in [6.45, 7) is 2.72. The minimum absolute atomic E-state index is 0.292. The molecule has 0 radical (unpaired) electrons. The van der Waals surface area contributed by atoms with E-state index in [-0.39, 0.29) is 0 Å². The second-order valence-corrected chi connectivity index (χ2v) is 4.28. The van der Waals surface area contributed by atoms with Gasteiger partial charge in [-0.2, -0.15) is 0 Å². The lowest BCUT2D eigenvalue weighted by atomic mass is 9.96. The van der Waals surface area contributed by atoms with Gasteiger partial charge in [-0.15, -0.1) is 0 Å². The second-order valence-electron chi connectivity index (χ2n) is 4.28. The molecule has 76 valence electrons. The maximum absolute atomic E-state index is 5.56. The minimum atomic E-state index is 0.292. The van der Waals surface area contributed by atoms with Crippen molar-refractivity contribution in [3.63, 3.8) is 0 Å². The van der Waals surface area contributed by atoms with Crippen LogP contribution in [0.25, 0.3) is 0 Å². The van der Waals surface area contributed by atoms with Crippen molar-refractivity contribution in [1.29, 1.82) is 0 Å². The molecule has 0 heterocycles. The van der Waals surface area contributed by atoms with Crippen LogP contribution in [-0.2, 0) is 0 Å². The van der Waals surface area contributed by atoms with Crippen molar-refractivity contribution in [1.82, 2.24) is 4.90 Å². The summed E-state index contributed by atoms with van der Waals surface area (Å²) in [5.74, 6) is 0.702. The lowest BCUT2D eigenvalue weighted by Gasteiger charge is -2.34. The molecule has 0 aromatic heterocycles. The van der Waals surface area contributed by atoms with Crippen molar-refractivity contribution in [3.05, 3.63) is 0 Å². The lowest BCUT2D eigenvalue weighted by Crippen LogP contribution is -2.44. The number of aliphatic imine (C=N–C) groups is 1. The molecular formula is C10H21N3. The SMILES string of the molecule is CC(N)=NCC1(N(C)C)CCCC1. The molecule has 13 heavy (non-hydrogen) atoms. The standard InChI is InChI=1S/C10H21N3/c1-9(11)12-8-10(13(2)3)6-4-5-7-10/h4-8H2,1-3H3,(H2,11,12). The highest BCUT2D eigenvalue weighted by molar-refractivity contribution is 5.77. The van der Waals surface area contributed by atoms with Crippen LogP contribution >= 0.6 is 0 Å². The molecule has 1 aliphatic rings. The van der Waals surface area contributed by atoms with Crippen LogP contribution in [0.4, 0.5) is 0 Å². The fraction of sp³-hybridized carbons (Fsp3) is 0.900. The molecule has 0 unspecified atom stereocenters. The molecule has 1 fully saturated rings. The predicted molar refractivity (Wildman–Crippen MR) is 57.0 cm³/mol. The van der Waals surface area contributed by atoms with Crippen LogP contribution in [0.3, 0.4) is 0 Å². The predicted octanol–water partition coefficient (Wildman–Crippen LogP) is 1.24. The molecule has 0 spiro atoms. The third-order valence-electron chi connectivity index (χ3n) is 3.11. The van der Waals surface area contributed by atoms with Crippen LogP contribution in [0.15, 0.2) is 4.99 Å². The van der Waals surface area contributed by atoms with Crippen LogP contribution in [0, 0.1) is 0 Å². The van der Waals surface area contributed by atoms with E-state index in [1.807, 2.05) is 6.92 Å². The quantitative estimate of drug-likeness (QED) is 0.528. The van der Waals surface area contributed by atoms with Crippen molar-refractivity contribution in [2.24, 2.45) is 10.7 Å². The van der Waals surface area contributed by atoms with Crippen LogP contribution in [0.5, 0.6) is 0 Å². The highest BCUT2D eigenvalue weighted by Gasteiger charge is 2.35. The minimum Gasteiger partial charge on any atom is -0.388 e. The van der Waals surface area contributed by atoms with E-state index in [1.165, 1.54) is 25.7 Å². The number of nitrogens with zero attached hydrogens (tertiary/aromatic N) is 2. The van der Waals surface area contributed by atoms with Gasteiger partial charge in [-0.05, 0) is 33.9 Å². The van der Waals surface area contributed by atoms with Gasteiger partial charge in [0.2, 0.25) is 0 Å². The summed E-state index contributed by atoms with van der Waals surface area (Å²) in [5, 5.41) is 0. The highest BCUT2D eigenvalue weighted by atomic mass is 15.2. The van der Waals surface area contributed by atoms with Gasteiger partial charge in [0.15, 0.2) is 0 Å². The molecule has 3 heteroatoms. The molecular weight excluding hydrogens is 162 g/mol. The normalized spacial score (nSPS) is 22.6. The van der Waals surface area contributed by atoms with Gasteiger partial charge in [0.25, 0.3) is 0 Å². The summed E-state index contributed by atoms with van der Waals surface area (Å²) in [4.78, 5) is 6.66. The summed E-state index contributed by atoms with van der Waals surface area (Å²) in [5.41, 5.74) is 5.85. The van der Waals surface area contributed by atoms with E-state index in [4.69, 9.17) is 5.73 Å².